The van der Waals surface area contributed by atoms with Crippen LogP contribution in [0.3, 0.4) is 0 Å². The number of rotatable bonds is 5. The number of hydrogen-bond donors (Lipinski definition) is 2. The molecule has 1 aliphatic carbocycles. The number of hydrogen-bond acceptors (Lipinski definition) is 4. The molecule has 4 rings (SSSR count). The molecule has 1 aromatic heterocycles. The number of carbonyl (C=O) groups is 1. The van der Waals surface area contributed by atoms with Gasteiger partial charge in [0, 0.05) is 18.9 Å². The molecular weight excluding hydrogens is 330 g/mol. The van der Waals surface area contributed by atoms with E-state index in [9.17, 15) is 9.90 Å². The predicted molar refractivity (Wildman–Crippen MR) is 96.4 cm³/mol. The summed E-state index contributed by atoms with van der Waals surface area (Å²) < 4.78 is 7.52. The Hall–Kier alpha value is -2.18. The van der Waals surface area contributed by atoms with Crippen LogP contribution in [-0.4, -0.2) is 39.3 Å². The van der Waals surface area contributed by atoms with E-state index in [0.29, 0.717) is 25.4 Å². The predicted octanol–water partition coefficient (Wildman–Crippen LogP) is 1.45. The largest absolute Gasteiger partial charge is 0.391 e. The van der Waals surface area contributed by atoms with Gasteiger partial charge in [-0.2, -0.15) is 0 Å². The number of nitrogens with one attached hydrogen (secondary N) is 1. The van der Waals surface area contributed by atoms with E-state index in [-0.39, 0.29) is 11.9 Å². The van der Waals surface area contributed by atoms with Crippen molar-refractivity contribution in [2.75, 3.05) is 6.61 Å². The molecule has 2 aromatic rings. The van der Waals surface area contributed by atoms with Gasteiger partial charge in [0.05, 0.1) is 38.1 Å². The zero-order chi connectivity index (χ0) is 17.9. The molecule has 1 aliphatic heterocycles. The molecule has 0 radical (unpaired) electrons. The summed E-state index contributed by atoms with van der Waals surface area (Å²) in [5.74, 6) is 0.319. The molecule has 3 atom stereocenters. The molecular formula is C20H25N3O3. The summed E-state index contributed by atoms with van der Waals surface area (Å²) >= 11 is 0. The van der Waals surface area contributed by atoms with Crippen molar-refractivity contribution < 1.29 is 14.6 Å². The lowest BCUT2D eigenvalue weighted by Crippen LogP contribution is -2.40. The normalized spacial score (nSPS) is 25.0. The maximum Gasteiger partial charge on any atom is 0.224 e. The van der Waals surface area contributed by atoms with E-state index in [1.54, 1.807) is 12.5 Å². The van der Waals surface area contributed by atoms with Gasteiger partial charge in [-0.25, -0.2) is 4.98 Å². The maximum atomic E-state index is 12.4. The zero-order valence-corrected chi connectivity index (χ0v) is 14.8. The number of aliphatic hydroxyl groups is 1. The van der Waals surface area contributed by atoms with E-state index in [1.165, 1.54) is 11.1 Å². The van der Waals surface area contributed by atoms with Gasteiger partial charge in [0.15, 0.2) is 0 Å². The third kappa shape index (κ3) is 3.97. The fraction of sp³-hybridized carbons (Fsp3) is 0.500. The molecule has 0 bridgehead atoms. The summed E-state index contributed by atoms with van der Waals surface area (Å²) in [4.78, 5) is 16.5. The third-order valence-corrected chi connectivity index (χ3v) is 5.41. The van der Waals surface area contributed by atoms with Crippen molar-refractivity contribution in [3.05, 3.63) is 53.6 Å². The van der Waals surface area contributed by atoms with E-state index >= 15 is 0 Å². The number of aliphatic hydroxyl groups excluding tert-OH is 1. The molecule has 26 heavy (non-hydrogen) atoms. The number of nitrogens with zero attached hydrogens (tertiary/aromatic N) is 2. The Morgan fingerprint density at radius 2 is 2.27 bits per heavy atom. The Balaban J connectivity index is 1.31. The van der Waals surface area contributed by atoms with Gasteiger partial charge >= 0.3 is 0 Å². The van der Waals surface area contributed by atoms with Crippen molar-refractivity contribution >= 4 is 5.91 Å². The molecule has 6 nitrogen and oxygen atoms in total. The summed E-state index contributed by atoms with van der Waals surface area (Å²) in [6.45, 7) is 2.23. The first-order chi connectivity index (χ1) is 12.7. The lowest BCUT2D eigenvalue weighted by molar-refractivity contribution is -0.121. The zero-order valence-electron chi connectivity index (χ0n) is 14.8. The fourth-order valence-corrected chi connectivity index (χ4v) is 4.09. The number of imidazole rings is 1. The SMILES string of the molecule is O=C(Cc1ccc2c(c1)COCC2)N[C@@H]1CC(Cn2ccnc2)C[C@H]1O. The van der Waals surface area contributed by atoms with E-state index in [2.05, 4.69) is 22.4 Å². The topological polar surface area (TPSA) is 76.4 Å². The number of ether oxygens (including phenoxy) is 1. The average molecular weight is 355 g/mol. The lowest BCUT2D eigenvalue weighted by Gasteiger charge is -2.19. The molecule has 1 aromatic carbocycles. The van der Waals surface area contributed by atoms with Crippen molar-refractivity contribution in [3.63, 3.8) is 0 Å². The third-order valence-electron chi connectivity index (χ3n) is 5.41. The summed E-state index contributed by atoms with van der Waals surface area (Å²) in [6, 6.07) is 6.03. The Labute approximate surface area is 153 Å². The van der Waals surface area contributed by atoms with Crippen molar-refractivity contribution in [3.8, 4) is 0 Å². The summed E-state index contributed by atoms with van der Waals surface area (Å²) in [6.07, 6.45) is 7.77. The minimum absolute atomic E-state index is 0.0333. The number of aromatic nitrogens is 2. The minimum Gasteiger partial charge on any atom is -0.391 e. The fourth-order valence-electron chi connectivity index (χ4n) is 4.09. The van der Waals surface area contributed by atoms with E-state index in [1.807, 2.05) is 16.8 Å². The molecule has 2 N–H and O–H groups in total. The van der Waals surface area contributed by atoms with Crippen molar-refractivity contribution in [1.82, 2.24) is 14.9 Å². The van der Waals surface area contributed by atoms with Crippen LogP contribution in [0, 0.1) is 5.92 Å². The highest BCUT2D eigenvalue weighted by molar-refractivity contribution is 5.79. The van der Waals surface area contributed by atoms with E-state index in [0.717, 1.165) is 31.6 Å². The summed E-state index contributed by atoms with van der Waals surface area (Å²) in [5.41, 5.74) is 3.49. The molecule has 138 valence electrons. The monoisotopic (exact) mass is 355 g/mol. The van der Waals surface area contributed by atoms with Gasteiger partial charge in [-0.15, -0.1) is 0 Å². The van der Waals surface area contributed by atoms with Crippen LogP contribution in [0.4, 0.5) is 0 Å². The van der Waals surface area contributed by atoms with Gasteiger partial charge in [-0.3, -0.25) is 4.79 Å². The first kappa shape index (κ1) is 17.2. The molecule has 6 heteroatoms. The quantitative estimate of drug-likeness (QED) is 0.851. The highest BCUT2D eigenvalue weighted by Crippen LogP contribution is 2.27. The van der Waals surface area contributed by atoms with Crippen LogP contribution in [0.15, 0.2) is 36.9 Å². The second-order valence-electron chi connectivity index (χ2n) is 7.42. The Morgan fingerprint density at radius 3 is 3.12 bits per heavy atom. The molecule has 0 spiro atoms. The standard InChI is InChI=1S/C20H25N3O3/c24-19-9-15(11-23-5-4-21-13-23)8-18(19)22-20(25)10-14-1-2-16-3-6-26-12-17(16)7-14/h1-2,4-5,7,13,15,18-19,24H,3,6,8-12H2,(H,22,25)/t15?,18-,19-/m1/s1. The summed E-state index contributed by atoms with van der Waals surface area (Å²) in [5, 5.41) is 13.3. The molecule has 1 unspecified atom stereocenters. The maximum absolute atomic E-state index is 12.4. The molecule has 2 heterocycles. The Bertz CT molecular complexity index is 760. The first-order valence-corrected chi connectivity index (χ1v) is 9.29. The molecule has 0 saturated heterocycles. The van der Waals surface area contributed by atoms with Gasteiger partial charge in [-0.1, -0.05) is 18.2 Å². The van der Waals surface area contributed by atoms with Gasteiger partial charge in [0.25, 0.3) is 0 Å². The smallest absolute Gasteiger partial charge is 0.224 e. The van der Waals surface area contributed by atoms with Crippen molar-refractivity contribution in [1.29, 1.82) is 0 Å². The van der Waals surface area contributed by atoms with Crippen LogP contribution in [0.1, 0.15) is 29.5 Å². The summed E-state index contributed by atoms with van der Waals surface area (Å²) in [7, 11) is 0. The second kappa shape index (κ2) is 7.60. The van der Waals surface area contributed by atoms with E-state index < -0.39 is 6.10 Å². The van der Waals surface area contributed by atoms with Crippen LogP contribution in [0.5, 0.6) is 0 Å². The van der Waals surface area contributed by atoms with Crippen molar-refractivity contribution in [2.45, 2.75) is 51.0 Å². The van der Waals surface area contributed by atoms with Crippen LogP contribution in [0.25, 0.3) is 0 Å². The van der Waals surface area contributed by atoms with Crippen LogP contribution < -0.4 is 5.32 Å². The Kier molecular flexibility index (Phi) is 5.04. The van der Waals surface area contributed by atoms with Crippen LogP contribution in [-0.2, 0) is 35.5 Å². The number of carbonyl (C=O) groups excluding carboxylic acids is 1. The van der Waals surface area contributed by atoms with Gasteiger partial charge in [0.1, 0.15) is 0 Å². The molecule has 1 amide bonds. The number of fused-ring (bicyclic) bond motifs is 1. The molecule has 2 aliphatic rings. The average Bonchev–Trinajstić information content (AvgIpc) is 3.25. The van der Waals surface area contributed by atoms with Crippen LogP contribution >= 0.6 is 0 Å². The van der Waals surface area contributed by atoms with Gasteiger partial charge < -0.3 is 19.7 Å². The molecule has 1 saturated carbocycles. The van der Waals surface area contributed by atoms with Gasteiger partial charge in [-0.05, 0) is 41.9 Å². The Morgan fingerprint density at radius 1 is 1.35 bits per heavy atom. The van der Waals surface area contributed by atoms with E-state index in [4.69, 9.17) is 4.74 Å². The number of amides is 1. The van der Waals surface area contributed by atoms with Gasteiger partial charge in [0.2, 0.25) is 5.91 Å². The van der Waals surface area contributed by atoms with Crippen LogP contribution in [0.2, 0.25) is 0 Å². The second-order valence-corrected chi connectivity index (χ2v) is 7.42. The van der Waals surface area contributed by atoms with Crippen molar-refractivity contribution in [2.24, 2.45) is 5.92 Å². The molecule has 1 fully saturated rings. The minimum atomic E-state index is -0.482. The first-order valence-electron chi connectivity index (χ1n) is 9.29. The lowest BCUT2D eigenvalue weighted by atomic mass is 9.99. The number of benzene rings is 1. The highest BCUT2D eigenvalue weighted by Gasteiger charge is 2.34. The highest BCUT2D eigenvalue weighted by atomic mass is 16.5.